The van der Waals surface area contributed by atoms with Gasteiger partial charge in [-0.15, -0.1) is 0 Å². The molecule has 2 rings (SSSR count). The first-order valence-corrected chi connectivity index (χ1v) is 10.00. The molecule has 0 heterocycles. The van der Waals surface area contributed by atoms with E-state index < -0.39 is 0 Å². The monoisotopic (exact) mass is 385 g/mol. The predicted octanol–water partition coefficient (Wildman–Crippen LogP) is 4.94. The van der Waals surface area contributed by atoms with E-state index in [9.17, 15) is 4.79 Å². The summed E-state index contributed by atoms with van der Waals surface area (Å²) in [5, 5.41) is 3.05. The van der Waals surface area contributed by atoms with Crippen LogP contribution in [0.15, 0.2) is 36.4 Å². The summed E-state index contributed by atoms with van der Waals surface area (Å²) in [4.78, 5) is 12.9. The van der Waals surface area contributed by atoms with E-state index in [1.807, 2.05) is 27.7 Å². The predicted molar refractivity (Wildman–Crippen MR) is 112 cm³/mol. The molecular formula is C23H31NO4. The normalized spacial score (nSPS) is 11.6. The van der Waals surface area contributed by atoms with Crippen LogP contribution in [0.25, 0.3) is 0 Å². The first kappa shape index (κ1) is 21.6. The van der Waals surface area contributed by atoms with Crippen molar-refractivity contribution < 1.29 is 19.0 Å². The van der Waals surface area contributed by atoms with E-state index in [1.54, 1.807) is 12.1 Å². The van der Waals surface area contributed by atoms with Crippen LogP contribution in [0.1, 0.15) is 62.1 Å². The van der Waals surface area contributed by atoms with E-state index in [-0.39, 0.29) is 11.9 Å². The summed E-state index contributed by atoms with van der Waals surface area (Å²) in [6, 6.07) is 11.6. The van der Waals surface area contributed by atoms with Gasteiger partial charge in [-0.25, -0.2) is 0 Å². The van der Waals surface area contributed by atoms with Crippen molar-refractivity contribution in [2.75, 3.05) is 19.8 Å². The second kappa shape index (κ2) is 10.6. The Balaban J connectivity index is 2.27. The van der Waals surface area contributed by atoms with Gasteiger partial charge in [-0.05, 0) is 57.4 Å². The Morgan fingerprint density at radius 2 is 1.43 bits per heavy atom. The van der Waals surface area contributed by atoms with Crippen LogP contribution in [0, 0.1) is 0 Å². The third-order valence-corrected chi connectivity index (χ3v) is 4.41. The summed E-state index contributed by atoms with van der Waals surface area (Å²) in [6.45, 7) is 11.2. The first-order valence-electron chi connectivity index (χ1n) is 10.00. The minimum absolute atomic E-state index is 0.115. The molecule has 28 heavy (non-hydrogen) atoms. The van der Waals surface area contributed by atoms with Crippen LogP contribution in [-0.2, 0) is 6.42 Å². The molecule has 5 nitrogen and oxygen atoms in total. The molecule has 0 aromatic heterocycles. The second-order valence-electron chi connectivity index (χ2n) is 6.39. The van der Waals surface area contributed by atoms with Crippen LogP contribution in [0.5, 0.6) is 17.2 Å². The molecule has 2 aromatic carbocycles. The highest BCUT2D eigenvalue weighted by Gasteiger charge is 2.19. The summed E-state index contributed by atoms with van der Waals surface area (Å²) in [6.07, 6.45) is 0.994. The molecule has 0 radical (unpaired) electrons. The molecule has 0 spiro atoms. The highest BCUT2D eigenvalue weighted by atomic mass is 16.5. The fourth-order valence-corrected chi connectivity index (χ4v) is 2.93. The van der Waals surface area contributed by atoms with E-state index in [2.05, 4.69) is 36.5 Å². The highest BCUT2D eigenvalue weighted by molar-refractivity contribution is 5.95. The van der Waals surface area contributed by atoms with Gasteiger partial charge in [-0.1, -0.05) is 31.2 Å². The molecule has 0 aliphatic rings. The number of hydrogen-bond acceptors (Lipinski definition) is 4. The molecule has 0 bridgehead atoms. The van der Waals surface area contributed by atoms with Crippen molar-refractivity contribution in [3.8, 4) is 17.2 Å². The second-order valence-corrected chi connectivity index (χ2v) is 6.39. The molecule has 1 atom stereocenters. The third-order valence-electron chi connectivity index (χ3n) is 4.41. The van der Waals surface area contributed by atoms with Crippen LogP contribution < -0.4 is 19.5 Å². The van der Waals surface area contributed by atoms with E-state index in [0.29, 0.717) is 42.6 Å². The SMILES string of the molecule is CCOc1cc(C(=O)NC(C)c2ccc(CC)cc2)cc(OCC)c1OCC. The van der Waals surface area contributed by atoms with Gasteiger partial charge in [-0.2, -0.15) is 0 Å². The summed E-state index contributed by atoms with van der Waals surface area (Å²) in [5.41, 5.74) is 2.82. The largest absolute Gasteiger partial charge is 0.490 e. The maximum absolute atomic E-state index is 12.9. The van der Waals surface area contributed by atoms with Crippen molar-refractivity contribution >= 4 is 5.91 Å². The number of rotatable bonds is 10. The molecular weight excluding hydrogens is 354 g/mol. The molecule has 0 saturated carbocycles. The number of benzene rings is 2. The van der Waals surface area contributed by atoms with E-state index >= 15 is 0 Å². The van der Waals surface area contributed by atoms with Gasteiger partial charge in [0, 0.05) is 5.56 Å². The Morgan fingerprint density at radius 1 is 0.893 bits per heavy atom. The Labute approximate surface area is 168 Å². The number of aryl methyl sites for hydroxylation is 1. The zero-order chi connectivity index (χ0) is 20.5. The number of hydrogen-bond donors (Lipinski definition) is 1. The highest BCUT2D eigenvalue weighted by Crippen LogP contribution is 2.39. The zero-order valence-corrected chi connectivity index (χ0v) is 17.5. The van der Waals surface area contributed by atoms with Crippen molar-refractivity contribution in [1.29, 1.82) is 0 Å². The smallest absolute Gasteiger partial charge is 0.252 e. The zero-order valence-electron chi connectivity index (χ0n) is 17.5. The molecule has 2 aromatic rings. The van der Waals surface area contributed by atoms with Crippen LogP contribution in [-0.4, -0.2) is 25.7 Å². The van der Waals surface area contributed by atoms with Gasteiger partial charge in [0.15, 0.2) is 11.5 Å². The molecule has 0 saturated heterocycles. The number of carbonyl (C=O) groups is 1. The van der Waals surface area contributed by atoms with Gasteiger partial charge in [0.2, 0.25) is 5.75 Å². The van der Waals surface area contributed by atoms with Gasteiger partial charge in [0.1, 0.15) is 0 Å². The first-order chi connectivity index (χ1) is 13.5. The fourth-order valence-electron chi connectivity index (χ4n) is 2.93. The average Bonchev–Trinajstić information content (AvgIpc) is 2.70. The minimum Gasteiger partial charge on any atom is -0.490 e. The van der Waals surface area contributed by atoms with Gasteiger partial charge in [-0.3, -0.25) is 4.79 Å². The Bertz CT molecular complexity index is 744. The third kappa shape index (κ3) is 5.41. The van der Waals surface area contributed by atoms with Crippen molar-refractivity contribution in [3.63, 3.8) is 0 Å². The Kier molecular flexibility index (Phi) is 8.18. The van der Waals surface area contributed by atoms with Crippen LogP contribution in [0.2, 0.25) is 0 Å². The van der Waals surface area contributed by atoms with Crippen molar-refractivity contribution in [2.24, 2.45) is 0 Å². The maximum Gasteiger partial charge on any atom is 0.252 e. The lowest BCUT2D eigenvalue weighted by Gasteiger charge is -2.19. The van der Waals surface area contributed by atoms with Gasteiger partial charge in [0.05, 0.1) is 25.9 Å². The van der Waals surface area contributed by atoms with E-state index in [1.165, 1.54) is 5.56 Å². The topological polar surface area (TPSA) is 56.8 Å². The fraction of sp³-hybridized carbons (Fsp3) is 0.435. The molecule has 0 aliphatic heterocycles. The van der Waals surface area contributed by atoms with Crippen molar-refractivity contribution in [2.45, 2.75) is 47.1 Å². The molecule has 0 fully saturated rings. The Hall–Kier alpha value is -2.69. The van der Waals surface area contributed by atoms with Crippen LogP contribution in [0.3, 0.4) is 0 Å². The lowest BCUT2D eigenvalue weighted by molar-refractivity contribution is 0.0938. The quantitative estimate of drug-likeness (QED) is 0.630. The average molecular weight is 386 g/mol. The number of amides is 1. The standard InChI is InChI=1S/C23H31NO4/c1-6-17-10-12-18(13-11-17)16(5)24-23(25)19-14-20(26-7-2)22(28-9-4)21(15-19)27-8-3/h10-16H,6-9H2,1-5H3,(H,24,25). The number of carbonyl (C=O) groups excluding carboxylic acids is 1. The Morgan fingerprint density at radius 3 is 1.89 bits per heavy atom. The lowest BCUT2D eigenvalue weighted by Crippen LogP contribution is -2.26. The van der Waals surface area contributed by atoms with Gasteiger partial charge in [0.25, 0.3) is 5.91 Å². The summed E-state index contributed by atoms with van der Waals surface area (Å²) >= 11 is 0. The summed E-state index contributed by atoms with van der Waals surface area (Å²) in [7, 11) is 0. The van der Waals surface area contributed by atoms with E-state index in [0.717, 1.165) is 12.0 Å². The molecule has 5 heteroatoms. The molecule has 1 unspecified atom stereocenters. The number of nitrogens with one attached hydrogen (secondary N) is 1. The van der Waals surface area contributed by atoms with Crippen LogP contribution >= 0.6 is 0 Å². The van der Waals surface area contributed by atoms with Gasteiger partial charge >= 0.3 is 0 Å². The number of ether oxygens (including phenoxy) is 3. The van der Waals surface area contributed by atoms with Gasteiger partial charge < -0.3 is 19.5 Å². The lowest BCUT2D eigenvalue weighted by atomic mass is 10.0. The summed E-state index contributed by atoms with van der Waals surface area (Å²) in [5.74, 6) is 1.38. The minimum atomic E-state index is -0.183. The molecule has 0 aliphatic carbocycles. The molecule has 1 N–H and O–H groups in total. The molecule has 1 amide bonds. The van der Waals surface area contributed by atoms with Crippen molar-refractivity contribution in [3.05, 3.63) is 53.1 Å². The maximum atomic E-state index is 12.9. The van der Waals surface area contributed by atoms with Crippen molar-refractivity contribution in [1.82, 2.24) is 5.32 Å². The molecule has 152 valence electrons. The van der Waals surface area contributed by atoms with E-state index in [4.69, 9.17) is 14.2 Å². The summed E-state index contributed by atoms with van der Waals surface area (Å²) < 4.78 is 17.1. The van der Waals surface area contributed by atoms with Crippen LogP contribution in [0.4, 0.5) is 0 Å².